The molecule has 90 valence electrons. The molecule has 0 amide bonds. The van der Waals surface area contributed by atoms with E-state index in [1.54, 1.807) is 18.6 Å². The SMILES string of the molecule is O=C(Cc1cnccn1)c1ccc2c(c1)CCO2. The fraction of sp³-hybridized carbons (Fsp3) is 0.214. The van der Waals surface area contributed by atoms with Gasteiger partial charge in [0.05, 0.1) is 18.7 Å². The van der Waals surface area contributed by atoms with Crippen LogP contribution in [0.1, 0.15) is 21.6 Å². The van der Waals surface area contributed by atoms with Crippen LogP contribution in [0.2, 0.25) is 0 Å². The summed E-state index contributed by atoms with van der Waals surface area (Å²) in [6.45, 7) is 0.705. The Kier molecular flexibility index (Phi) is 2.76. The second-order valence-corrected chi connectivity index (χ2v) is 4.22. The van der Waals surface area contributed by atoms with E-state index in [-0.39, 0.29) is 12.2 Å². The average Bonchev–Trinajstić information content (AvgIpc) is 2.87. The fourth-order valence-corrected chi connectivity index (χ4v) is 2.05. The van der Waals surface area contributed by atoms with Crippen LogP contribution in [0.5, 0.6) is 5.75 Å². The van der Waals surface area contributed by atoms with Gasteiger partial charge in [-0.15, -0.1) is 0 Å². The van der Waals surface area contributed by atoms with E-state index in [0.29, 0.717) is 17.9 Å². The average molecular weight is 240 g/mol. The summed E-state index contributed by atoms with van der Waals surface area (Å²) in [6.07, 6.45) is 5.98. The van der Waals surface area contributed by atoms with E-state index in [9.17, 15) is 4.79 Å². The Morgan fingerprint density at radius 3 is 3.11 bits per heavy atom. The number of ether oxygens (including phenoxy) is 1. The van der Waals surface area contributed by atoms with Crippen LogP contribution in [0.3, 0.4) is 0 Å². The summed E-state index contributed by atoms with van der Waals surface area (Å²) in [5.74, 6) is 0.955. The van der Waals surface area contributed by atoms with E-state index in [1.807, 2.05) is 18.2 Å². The van der Waals surface area contributed by atoms with Crippen molar-refractivity contribution in [2.75, 3.05) is 6.61 Å². The van der Waals surface area contributed by atoms with Gasteiger partial charge in [0.15, 0.2) is 5.78 Å². The minimum Gasteiger partial charge on any atom is -0.493 e. The Balaban J connectivity index is 1.81. The first-order chi connectivity index (χ1) is 8.83. The lowest BCUT2D eigenvalue weighted by Gasteiger charge is -2.03. The summed E-state index contributed by atoms with van der Waals surface area (Å²) < 4.78 is 5.42. The second-order valence-electron chi connectivity index (χ2n) is 4.22. The summed E-state index contributed by atoms with van der Waals surface area (Å²) in [4.78, 5) is 20.2. The molecule has 1 aromatic carbocycles. The first kappa shape index (κ1) is 10.9. The van der Waals surface area contributed by atoms with Crippen LogP contribution in [-0.4, -0.2) is 22.4 Å². The van der Waals surface area contributed by atoms with Gasteiger partial charge in [-0.25, -0.2) is 0 Å². The highest BCUT2D eigenvalue weighted by Gasteiger charge is 2.15. The molecule has 18 heavy (non-hydrogen) atoms. The maximum Gasteiger partial charge on any atom is 0.168 e. The van der Waals surface area contributed by atoms with Crippen LogP contribution < -0.4 is 4.74 Å². The standard InChI is InChI=1S/C14H12N2O2/c17-13(8-12-9-15-4-5-16-12)10-1-2-14-11(7-10)3-6-18-14/h1-2,4-5,7,9H,3,6,8H2. The predicted molar refractivity (Wildman–Crippen MR) is 65.7 cm³/mol. The molecule has 4 heteroatoms. The van der Waals surface area contributed by atoms with Gasteiger partial charge >= 0.3 is 0 Å². The largest absolute Gasteiger partial charge is 0.493 e. The van der Waals surface area contributed by atoms with Crippen LogP contribution in [-0.2, 0) is 12.8 Å². The Morgan fingerprint density at radius 1 is 1.33 bits per heavy atom. The van der Waals surface area contributed by atoms with Gasteiger partial charge in [0.2, 0.25) is 0 Å². The molecule has 0 spiro atoms. The van der Waals surface area contributed by atoms with Crippen molar-refractivity contribution in [2.45, 2.75) is 12.8 Å². The molecule has 0 saturated heterocycles. The third-order valence-electron chi connectivity index (χ3n) is 2.97. The van der Waals surface area contributed by atoms with Gasteiger partial charge in [0.1, 0.15) is 5.75 Å². The Hall–Kier alpha value is -2.23. The summed E-state index contributed by atoms with van der Waals surface area (Å²) in [6, 6.07) is 5.59. The van der Waals surface area contributed by atoms with E-state index in [1.165, 1.54) is 0 Å². The number of carbonyl (C=O) groups is 1. The zero-order valence-corrected chi connectivity index (χ0v) is 9.80. The van der Waals surface area contributed by atoms with Crippen molar-refractivity contribution in [1.29, 1.82) is 0 Å². The number of hydrogen-bond acceptors (Lipinski definition) is 4. The van der Waals surface area contributed by atoms with Crippen LogP contribution in [0.25, 0.3) is 0 Å². The molecule has 1 aromatic heterocycles. The second kappa shape index (κ2) is 4.56. The molecule has 0 saturated carbocycles. The number of hydrogen-bond donors (Lipinski definition) is 0. The summed E-state index contributed by atoms with van der Waals surface area (Å²) in [7, 11) is 0. The van der Waals surface area contributed by atoms with Gasteiger partial charge in [-0.3, -0.25) is 14.8 Å². The van der Waals surface area contributed by atoms with Gasteiger partial charge < -0.3 is 4.74 Å². The highest BCUT2D eigenvalue weighted by molar-refractivity contribution is 5.97. The first-order valence-corrected chi connectivity index (χ1v) is 5.87. The summed E-state index contributed by atoms with van der Waals surface area (Å²) in [5, 5.41) is 0. The maximum absolute atomic E-state index is 12.1. The van der Waals surface area contributed by atoms with Gasteiger partial charge in [-0.2, -0.15) is 0 Å². The van der Waals surface area contributed by atoms with Crippen molar-refractivity contribution in [3.05, 3.63) is 53.6 Å². The Labute approximate surface area is 105 Å². The molecule has 0 atom stereocenters. The van der Waals surface area contributed by atoms with E-state index in [2.05, 4.69) is 9.97 Å². The van der Waals surface area contributed by atoms with E-state index < -0.39 is 0 Å². The molecule has 0 unspecified atom stereocenters. The van der Waals surface area contributed by atoms with Crippen LogP contribution in [0, 0.1) is 0 Å². The molecule has 2 heterocycles. The zero-order chi connectivity index (χ0) is 12.4. The normalized spacial score (nSPS) is 12.9. The topological polar surface area (TPSA) is 52.1 Å². The van der Waals surface area contributed by atoms with Crippen molar-refractivity contribution in [3.8, 4) is 5.75 Å². The number of rotatable bonds is 3. The number of ketones is 1. The summed E-state index contributed by atoms with van der Waals surface area (Å²) in [5.41, 5.74) is 2.52. The highest BCUT2D eigenvalue weighted by atomic mass is 16.5. The summed E-state index contributed by atoms with van der Waals surface area (Å²) >= 11 is 0. The van der Waals surface area contributed by atoms with Crippen LogP contribution in [0.15, 0.2) is 36.8 Å². The third-order valence-corrected chi connectivity index (χ3v) is 2.97. The lowest BCUT2D eigenvalue weighted by atomic mass is 10.0. The molecule has 0 fully saturated rings. The number of fused-ring (bicyclic) bond motifs is 1. The third kappa shape index (κ3) is 2.09. The molecule has 0 radical (unpaired) electrons. The molecule has 1 aliphatic rings. The minimum atomic E-state index is 0.0604. The molecular formula is C14H12N2O2. The smallest absolute Gasteiger partial charge is 0.168 e. The molecule has 2 aromatic rings. The monoisotopic (exact) mass is 240 g/mol. The van der Waals surface area contributed by atoms with Crippen molar-refractivity contribution in [1.82, 2.24) is 9.97 Å². The first-order valence-electron chi connectivity index (χ1n) is 5.87. The molecular weight excluding hydrogens is 228 g/mol. The lowest BCUT2D eigenvalue weighted by Crippen LogP contribution is -2.05. The van der Waals surface area contributed by atoms with Crippen LogP contribution >= 0.6 is 0 Å². The highest BCUT2D eigenvalue weighted by Crippen LogP contribution is 2.26. The minimum absolute atomic E-state index is 0.0604. The van der Waals surface area contributed by atoms with Crippen molar-refractivity contribution < 1.29 is 9.53 Å². The number of carbonyl (C=O) groups excluding carboxylic acids is 1. The number of aromatic nitrogens is 2. The van der Waals surface area contributed by atoms with E-state index >= 15 is 0 Å². The van der Waals surface area contributed by atoms with Gasteiger partial charge in [-0.1, -0.05) is 0 Å². The lowest BCUT2D eigenvalue weighted by molar-refractivity contribution is 0.0992. The van der Waals surface area contributed by atoms with Crippen molar-refractivity contribution in [2.24, 2.45) is 0 Å². The fourth-order valence-electron chi connectivity index (χ4n) is 2.05. The van der Waals surface area contributed by atoms with Crippen molar-refractivity contribution in [3.63, 3.8) is 0 Å². The Bertz CT molecular complexity index is 582. The van der Waals surface area contributed by atoms with Crippen LogP contribution in [0.4, 0.5) is 0 Å². The zero-order valence-electron chi connectivity index (χ0n) is 9.80. The quantitative estimate of drug-likeness (QED) is 0.768. The maximum atomic E-state index is 12.1. The van der Waals surface area contributed by atoms with E-state index in [4.69, 9.17) is 4.74 Å². The number of benzene rings is 1. The molecule has 0 bridgehead atoms. The van der Waals surface area contributed by atoms with E-state index in [0.717, 1.165) is 17.7 Å². The number of nitrogens with zero attached hydrogens (tertiary/aromatic N) is 2. The molecule has 1 aliphatic heterocycles. The molecule has 3 rings (SSSR count). The van der Waals surface area contributed by atoms with Crippen molar-refractivity contribution >= 4 is 5.78 Å². The van der Waals surface area contributed by atoms with Gasteiger partial charge in [-0.05, 0) is 23.8 Å². The Morgan fingerprint density at radius 2 is 2.28 bits per heavy atom. The predicted octanol–water partition coefficient (Wildman–Crippen LogP) is 1.84. The molecule has 0 N–H and O–H groups in total. The molecule has 4 nitrogen and oxygen atoms in total. The molecule has 0 aliphatic carbocycles. The van der Waals surface area contributed by atoms with Gasteiger partial charge in [0, 0.05) is 30.6 Å². The van der Waals surface area contributed by atoms with Gasteiger partial charge in [0.25, 0.3) is 0 Å². The number of Topliss-reactive ketones (excluding diaryl/α,β-unsaturated/α-hetero) is 1.